The molecule has 2 rings (SSSR count). The van der Waals surface area contributed by atoms with Crippen molar-refractivity contribution in [2.45, 2.75) is 6.10 Å². The molecular formula is C10H11ClN2OS. The molecule has 5 heteroatoms. The number of nitrogens with two attached hydrogens (primary N) is 1. The van der Waals surface area contributed by atoms with Gasteiger partial charge in [-0.05, 0) is 18.2 Å². The van der Waals surface area contributed by atoms with Crippen molar-refractivity contribution in [2.75, 3.05) is 13.7 Å². The Balaban J connectivity index is 2.46. The summed E-state index contributed by atoms with van der Waals surface area (Å²) < 4.78 is 6.30. The Labute approximate surface area is 96.8 Å². The van der Waals surface area contributed by atoms with Gasteiger partial charge in [0.15, 0.2) is 0 Å². The first-order valence-corrected chi connectivity index (χ1v) is 5.73. The Kier molecular flexibility index (Phi) is 3.21. The lowest BCUT2D eigenvalue weighted by Crippen LogP contribution is -2.13. The monoisotopic (exact) mass is 242 g/mol. The highest BCUT2D eigenvalue weighted by molar-refractivity contribution is 7.18. The van der Waals surface area contributed by atoms with Crippen LogP contribution in [-0.4, -0.2) is 18.6 Å². The second kappa shape index (κ2) is 4.45. The Bertz CT molecular complexity index is 467. The fourth-order valence-electron chi connectivity index (χ4n) is 1.35. The average molecular weight is 243 g/mol. The molecular weight excluding hydrogens is 232 g/mol. The van der Waals surface area contributed by atoms with E-state index in [0.717, 1.165) is 20.2 Å². The van der Waals surface area contributed by atoms with E-state index in [4.69, 9.17) is 22.1 Å². The molecule has 0 aliphatic heterocycles. The first-order valence-electron chi connectivity index (χ1n) is 4.53. The number of fused-ring (bicyclic) bond motifs is 1. The third-order valence-electron chi connectivity index (χ3n) is 2.14. The lowest BCUT2D eigenvalue weighted by atomic mass is 10.3. The molecule has 0 radical (unpaired) electrons. The van der Waals surface area contributed by atoms with Gasteiger partial charge >= 0.3 is 0 Å². The number of hydrogen-bond donors (Lipinski definition) is 1. The molecule has 1 unspecified atom stereocenters. The van der Waals surface area contributed by atoms with Crippen LogP contribution >= 0.6 is 22.9 Å². The predicted molar refractivity (Wildman–Crippen MR) is 63.4 cm³/mol. The van der Waals surface area contributed by atoms with Gasteiger partial charge in [-0.1, -0.05) is 11.6 Å². The van der Waals surface area contributed by atoms with Crippen LogP contribution in [0, 0.1) is 0 Å². The van der Waals surface area contributed by atoms with Crippen molar-refractivity contribution in [3.05, 3.63) is 28.2 Å². The molecule has 80 valence electrons. The molecule has 2 N–H and O–H groups in total. The zero-order valence-corrected chi connectivity index (χ0v) is 9.81. The van der Waals surface area contributed by atoms with Crippen LogP contribution in [0.5, 0.6) is 0 Å². The third-order valence-corrected chi connectivity index (χ3v) is 3.49. The maximum absolute atomic E-state index is 5.90. The highest BCUT2D eigenvalue weighted by Crippen LogP contribution is 2.29. The van der Waals surface area contributed by atoms with E-state index < -0.39 is 0 Å². The lowest BCUT2D eigenvalue weighted by Gasteiger charge is -2.07. The van der Waals surface area contributed by atoms with Gasteiger partial charge in [0, 0.05) is 18.7 Å². The van der Waals surface area contributed by atoms with E-state index >= 15 is 0 Å². The van der Waals surface area contributed by atoms with E-state index in [1.165, 1.54) is 0 Å². The van der Waals surface area contributed by atoms with Crippen molar-refractivity contribution < 1.29 is 4.74 Å². The zero-order valence-electron chi connectivity index (χ0n) is 8.24. The molecule has 0 saturated heterocycles. The van der Waals surface area contributed by atoms with Crippen molar-refractivity contribution in [1.82, 2.24) is 4.98 Å². The average Bonchev–Trinajstić information content (AvgIpc) is 2.62. The summed E-state index contributed by atoms with van der Waals surface area (Å²) in [5, 5.41) is 1.62. The van der Waals surface area contributed by atoms with Gasteiger partial charge in [0.2, 0.25) is 0 Å². The summed E-state index contributed by atoms with van der Waals surface area (Å²) in [7, 11) is 1.64. The molecule has 0 bridgehead atoms. The van der Waals surface area contributed by atoms with E-state index in [9.17, 15) is 0 Å². The lowest BCUT2D eigenvalue weighted by molar-refractivity contribution is 0.110. The fraction of sp³-hybridized carbons (Fsp3) is 0.300. The van der Waals surface area contributed by atoms with Crippen LogP contribution in [0.3, 0.4) is 0 Å². The number of aromatic nitrogens is 1. The summed E-state index contributed by atoms with van der Waals surface area (Å²) >= 11 is 7.47. The standard InChI is InChI=1S/C10H11ClN2OS/c1-14-8(5-12)10-13-7-3-2-6(11)4-9(7)15-10/h2-4,8H,5,12H2,1H3. The molecule has 0 aliphatic carbocycles. The molecule has 1 atom stereocenters. The van der Waals surface area contributed by atoms with Crippen LogP contribution in [0.4, 0.5) is 0 Å². The van der Waals surface area contributed by atoms with Crippen molar-refractivity contribution in [3.8, 4) is 0 Å². The summed E-state index contributed by atoms with van der Waals surface area (Å²) in [6, 6.07) is 5.64. The summed E-state index contributed by atoms with van der Waals surface area (Å²) in [6.45, 7) is 0.435. The minimum atomic E-state index is -0.124. The summed E-state index contributed by atoms with van der Waals surface area (Å²) in [6.07, 6.45) is -0.124. The van der Waals surface area contributed by atoms with E-state index in [-0.39, 0.29) is 6.10 Å². The first kappa shape index (κ1) is 10.8. The number of methoxy groups -OCH3 is 1. The Hall–Kier alpha value is -0.680. The van der Waals surface area contributed by atoms with Gasteiger partial charge in [-0.25, -0.2) is 4.98 Å². The molecule has 15 heavy (non-hydrogen) atoms. The minimum Gasteiger partial charge on any atom is -0.373 e. The molecule has 0 amide bonds. The van der Waals surface area contributed by atoms with Gasteiger partial charge in [-0.3, -0.25) is 0 Å². The molecule has 1 aromatic carbocycles. The van der Waals surface area contributed by atoms with Crippen LogP contribution in [0.1, 0.15) is 11.1 Å². The number of ether oxygens (including phenoxy) is 1. The molecule has 0 fully saturated rings. The highest BCUT2D eigenvalue weighted by Gasteiger charge is 2.13. The predicted octanol–water partition coefficient (Wildman–Crippen LogP) is 2.60. The van der Waals surface area contributed by atoms with Gasteiger partial charge in [0.1, 0.15) is 11.1 Å². The van der Waals surface area contributed by atoms with E-state index in [1.807, 2.05) is 18.2 Å². The topological polar surface area (TPSA) is 48.1 Å². The normalized spacial score (nSPS) is 13.3. The van der Waals surface area contributed by atoms with Crippen LogP contribution in [0.15, 0.2) is 18.2 Å². The summed E-state index contributed by atoms with van der Waals surface area (Å²) in [4.78, 5) is 4.45. The van der Waals surface area contributed by atoms with Crippen molar-refractivity contribution in [3.63, 3.8) is 0 Å². The Morgan fingerprint density at radius 3 is 3.07 bits per heavy atom. The molecule has 0 saturated carbocycles. The van der Waals surface area contributed by atoms with Crippen LogP contribution in [0.25, 0.3) is 10.2 Å². The van der Waals surface area contributed by atoms with Crippen LogP contribution < -0.4 is 5.73 Å². The van der Waals surface area contributed by atoms with Gasteiger partial charge in [-0.2, -0.15) is 0 Å². The largest absolute Gasteiger partial charge is 0.373 e. The van der Waals surface area contributed by atoms with Gasteiger partial charge < -0.3 is 10.5 Å². The number of thiazole rings is 1. The minimum absolute atomic E-state index is 0.124. The van der Waals surface area contributed by atoms with Crippen LogP contribution in [0.2, 0.25) is 5.02 Å². The molecule has 0 spiro atoms. The number of benzene rings is 1. The maximum atomic E-state index is 5.90. The van der Waals surface area contributed by atoms with Gasteiger partial charge in [0.25, 0.3) is 0 Å². The van der Waals surface area contributed by atoms with E-state index in [0.29, 0.717) is 6.54 Å². The second-order valence-electron chi connectivity index (χ2n) is 3.12. The zero-order chi connectivity index (χ0) is 10.8. The SMILES string of the molecule is COC(CN)c1nc2ccc(Cl)cc2s1. The smallest absolute Gasteiger partial charge is 0.124 e. The van der Waals surface area contributed by atoms with Crippen LogP contribution in [-0.2, 0) is 4.74 Å². The fourth-order valence-corrected chi connectivity index (χ4v) is 2.69. The summed E-state index contributed by atoms with van der Waals surface area (Å²) in [5.41, 5.74) is 6.52. The number of rotatable bonds is 3. The maximum Gasteiger partial charge on any atom is 0.124 e. The summed E-state index contributed by atoms with van der Waals surface area (Å²) in [5.74, 6) is 0. The third kappa shape index (κ3) is 2.13. The van der Waals surface area contributed by atoms with Crippen molar-refractivity contribution >= 4 is 33.2 Å². The first-order chi connectivity index (χ1) is 7.24. The number of hydrogen-bond acceptors (Lipinski definition) is 4. The molecule has 3 nitrogen and oxygen atoms in total. The molecule has 1 aromatic heterocycles. The number of halogens is 1. The Morgan fingerprint density at radius 2 is 2.40 bits per heavy atom. The van der Waals surface area contributed by atoms with E-state index in [2.05, 4.69) is 4.98 Å². The molecule has 2 aromatic rings. The quantitative estimate of drug-likeness (QED) is 0.900. The molecule has 0 aliphatic rings. The number of nitrogens with zero attached hydrogens (tertiary/aromatic N) is 1. The Morgan fingerprint density at radius 1 is 1.60 bits per heavy atom. The second-order valence-corrected chi connectivity index (χ2v) is 4.62. The van der Waals surface area contributed by atoms with Crippen molar-refractivity contribution in [2.24, 2.45) is 5.73 Å². The highest BCUT2D eigenvalue weighted by atomic mass is 35.5. The van der Waals surface area contributed by atoms with Gasteiger partial charge in [0.05, 0.1) is 10.2 Å². The molecule has 1 heterocycles. The van der Waals surface area contributed by atoms with Gasteiger partial charge in [-0.15, -0.1) is 11.3 Å². The van der Waals surface area contributed by atoms with Crippen molar-refractivity contribution in [1.29, 1.82) is 0 Å². The van der Waals surface area contributed by atoms with E-state index in [1.54, 1.807) is 18.4 Å².